The quantitative estimate of drug-likeness (QED) is 0.491. The molecule has 0 radical (unpaired) electrons. The third-order valence-electron chi connectivity index (χ3n) is 3.10. The van der Waals surface area contributed by atoms with Gasteiger partial charge in [-0.05, 0) is 30.4 Å². The second-order valence-corrected chi connectivity index (χ2v) is 4.76. The van der Waals surface area contributed by atoms with E-state index in [0.717, 1.165) is 0 Å². The summed E-state index contributed by atoms with van der Waals surface area (Å²) in [5.41, 5.74) is 5.85. The van der Waals surface area contributed by atoms with Gasteiger partial charge in [0.25, 0.3) is 0 Å². The average molecular weight is 269 g/mol. The first-order chi connectivity index (χ1) is 8.86. The second kappa shape index (κ2) is 6.29. The normalized spacial score (nSPS) is 14.0. The van der Waals surface area contributed by atoms with Gasteiger partial charge in [0.15, 0.2) is 11.5 Å². The molecule has 19 heavy (non-hydrogen) atoms. The van der Waals surface area contributed by atoms with Crippen molar-refractivity contribution in [3.05, 3.63) is 17.7 Å². The zero-order valence-electron chi connectivity index (χ0n) is 10.7. The molecule has 0 heterocycles. The number of hydrogen-bond acceptors (Lipinski definition) is 5. The van der Waals surface area contributed by atoms with E-state index < -0.39 is 17.6 Å². The highest BCUT2D eigenvalue weighted by Gasteiger charge is 2.20. The molecule has 0 spiro atoms. The summed E-state index contributed by atoms with van der Waals surface area (Å²) in [4.78, 5) is 10.9. The number of carbonyl (C=O) groups is 1. The number of carboxylic acid groups (broad SMARTS) is 1. The van der Waals surface area contributed by atoms with Crippen LogP contribution in [-0.4, -0.2) is 32.9 Å². The van der Waals surface area contributed by atoms with Gasteiger partial charge in [-0.3, -0.25) is 4.79 Å². The van der Waals surface area contributed by atoms with Crippen molar-refractivity contribution in [2.24, 2.45) is 17.6 Å². The van der Waals surface area contributed by atoms with Crippen LogP contribution in [0.25, 0.3) is 0 Å². The third-order valence-corrected chi connectivity index (χ3v) is 3.10. The molecule has 0 aromatic heterocycles. The maximum Gasteiger partial charge on any atom is 0.307 e. The van der Waals surface area contributed by atoms with Crippen LogP contribution in [0.5, 0.6) is 17.2 Å². The molecule has 6 nitrogen and oxygen atoms in total. The van der Waals surface area contributed by atoms with Gasteiger partial charge < -0.3 is 26.2 Å². The fourth-order valence-electron chi connectivity index (χ4n) is 2.02. The van der Waals surface area contributed by atoms with E-state index >= 15 is 0 Å². The van der Waals surface area contributed by atoms with E-state index in [-0.39, 0.29) is 24.0 Å². The summed E-state index contributed by atoms with van der Waals surface area (Å²) in [6.45, 7) is 1.90. The highest BCUT2D eigenvalue weighted by Crippen LogP contribution is 2.38. The summed E-state index contributed by atoms with van der Waals surface area (Å²) < 4.78 is 0. The lowest BCUT2D eigenvalue weighted by atomic mass is 9.90. The number of aliphatic carboxylic acids is 1. The number of benzene rings is 1. The fraction of sp³-hybridized carbons (Fsp3) is 0.462. The molecule has 0 aliphatic carbocycles. The minimum Gasteiger partial charge on any atom is -0.504 e. The van der Waals surface area contributed by atoms with Crippen LogP contribution in [0.1, 0.15) is 18.9 Å². The van der Waals surface area contributed by atoms with Crippen molar-refractivity contribution in [3.8, 4) is 17.2 Å². The largest absolute Gasteiger partial charge is 0.504 e. The van der Waals surface area contributed by atoms with E-state index in [2.05, 4.69) is 0 Å². The van der Waals surface area contributed by atoms with Gasteiger partial charge in [0.05, 0.1) is 5.92 Å². The number of aromatic hydroxyl groups is 3. The van der Waals surface area contributed by atoms with Crippen molar-refractivity contribution in [2.75, 3.05) is 6.54 Å². The van der Waals surface area contributed by atoms with Crippen molar-refractivity contribution in [3.63, 3.8) is 0 Å². The van der Waals surface area contributed by atoms with Crippen LogP contribution >= 0.6 is 0 Å². The molecular weight excluding hydrogens is 250 g/mol. The van der Waals surface area contributed by atoms with Gasteiger partial charge >= 0.3 is 5.97 Å². The summed E-state index contributed by atoms with van der Waals surface area (Å²) in [6.07, 6.45) is 0.774. The Morgan fingerprint density at radius 2 is 1.89 bits per heavy atom. The number of phenolic OH excluding ortho intramolecular Hbond substituents is 3. The van der Waals surface area contributed by atoms with E-state index in [0.29, 0.717) is 18.4 Å². The molecule has 1 aromatic rings. The predicted molar refractivity (Wildman–Crippen MR) is 69.1 cm³/mol. The monoisotopic (exact) mass is 269 g/mol. The summed E-state index contributed by atoms with van der Waals surface area (Å²) in [5, 5.41) is 37.2. The van der Waals surface area contributed by atoms with Gasteiger partial charge in [-0.15, -0.1) is 0 Å². The van der Waals surface area contributed by atoms with Gasteiger partial charge in [-0.2, -0.15) is 0 Å². The Balaban J connectivity index is 2.75. The van der Waals surface area contributed by atoms with E-state index in [4.69, 9.17) is 10.8 Å². The van der Waals surface area contributed by atoms with Crippen LogP contribution in [0.2, 0.25) is 0 Å². The molecule has 2 atom stereocenters. The minimum absolute atomic E-state index is 0.0282. The molecule has 1 aromatic carbocycles. The average Bonchev–Trinajstić information content (AvgIpc) is 2.36. The first-order valence-corrected chi connectivity index (χ1v) is 6.02. The zero-order valence-corrected chi connectivity index (χ0v) is 10.7. The maximum atomic E-state index is 10.9. The third kappa shape index (κ3) is 3.75. The Hall–Kier alpha value is -1.95. The Morgan fingerprint density at radius 3 is 2.42 bits per heavy atom. The van der Waals surface area contributed by atoms with E-state index in [1.807, 2.05) is 6.92 Å². The molecular formula is C13H19NO5. The Bertz CT molecular complexity index is 461. The van der Waals surface area contributed by atoms with E-state index in [1.54, 1.807) is 0 Å². The van der Waals surface area contributed by atoms with Crippen LogP contribution < -0.4 is 5.73 Å². The van der Waals surface area contributed by atoms with Gasteiger partial charge in [0, 0.05) is 6.54 Å². The smallest absolute Gasteiger partial charge is 0.307 e. The lowest BCUT2D eigenvalue weighted by Gasteiger charge is -2.17. The number of rotatable bonds is 6. The Kier molecular flexibility index (Phi) is 5.00. The molecule has 1 rings (SSSR count). The standard InChI is InChI=1S/C13H19NO5/c1-7(5-9(6-14)13(18)19)4-8-2-3-10(15)12(17)11(8)16/h2-3,7,9,15-17H,4-6,14H2,1H3,(H,18,19). The van der Waals surface area contributed by atoms with Crippen LogP contribution in [0, 0.1) is 11.8 Å². The van der Waals surface area contributed by atoms with Crippen molar-refractivity contribution < 1.29 is 25.2 Å². The molecule has 0 amide bonds. The first kappa shape index (κ1) is 15.1. The van der Waals surface area contributed by atoms with Gasteiger partial charge in [-0.25, -0.2) is 0 Å². The second-order valence-electron chi connectivity index (χ2n) is 4.76. The molecule has 6 heteroatoms. The van der Waals surface area contributed by atoms with Crippen molar-refractivity contribution >= 4 is 5.97 Å². The van der Waals surface area contributed by atoms with Crippen molar-refractivity contribution in [1.82, 2.24) is 0 Å². The molecule has 106 valence electrons. The number of phenols is 3. The molecule has 2 unspecified atom stereocenters. The fourth-order valence-corrected chi connectivity index (χ4v) is 2.02. The topological polar surface area (TPSA) is 124 Å². The Morgan fingerprint density at radius 1 is 1.26 bits per heavy atom. The summed E-state index contributed by atoms with van der Waals surface area (Å²) in [7, 11) is 0. The number of carboxylic acids is 1. The lowest BCUT2D eigenvalue weighted by Crippen LogP contribution is -2.25. The molecule has 0 aliphatic rings. The molecule has 0 saturated carbocycles. The maximum absolute atomic E-state index is 10.9. The summed E-state index contributed by atoms with van der Waals surface area (Å²) in [5.74, 6) is -2.90. The van der Waals surface area contributed by atoms with Gasteiger partial charge in [0.1, 0.15) is 0 Å². The van der Waals surface area contributed by atoms with E-state index in [1.165, 1.54) is 12.1 Å². The van der Waals surface area contributed by atoms with Gasteiger partial charge in [-0.1, -0.05) is 13.0 Å². The van der Waals surface area contributed by atoms with Crippen LogP contribution in [0.15, 0.2) is 12.1 Å². The molecule has 0 saturated heterocycles. The van der Waals surface area contributed by atoms with Crippen molar-refractivity contribution in [2.45, 2.75) is 19.8 Å². The molecule has 0 bridgehead atoms. The predicted octanol–water partition coefficient (Wildman–Crippen LogP) is 1.03. The molecule has 6 N–H and O–H groups in total. The highest BCUT2D eigenvalue weighted by atomic mass is 16.4. The van der Waals surface area contributed by atoms with Gasteiger partial charge in [0.2, 0.25) is 5.75 Å². The Labute approximate surface area is 111 Å². The van der Waals surface area contributed by atoms with Crippen molar-refractivity contribution in [1.29, 1.82) is 0 Å². The minimum atomic E-state index is -0.938. The highest BCUT2D eigenvalue weighted by molar-refractivity contribution is 5.70. The van der Waals surface area contributed by atoms with Crippen LogP contribution in [0.3, 0.4) is 0 Å². The van der Waals surface area contributed by atoms with E-state index in [9.17, 15) is 20.1 Å². The van der Waals surface area contributed by atoms with Crippen LogP contribution in [0.4, 0.5) is 0 Å². The summed E-state index contributed by atoms with van der Waals surface area (Å²) in [6, 6.07) is 2.79. The number of hydrogen-bond donors (Lipinski definition) is 5. The molecule has 0 fully saturated rings. The lowest BCUT2D eigenvalue weighted by molar-refractivity contribution is -0.141. The summed E-state index contributed by atoms with van der Waals surface area (Å²) >= 11 is 0. The SMILES string of the molecule is CC(Cc1ccc(O)c(O)c1O)CC(CN)C(=O)O. The van der Waals surface area contributed by atoms with Crippen LogP contribution in [-0.2, 0) is 11.2 Å². The first-order valence-electron chi connectivity index (χ1n) is 6.02. The zero-order chi connectivity index (χ0) is 14.6. The number of nitrogens with two attached hydrogens (primary N) is 1. The molecule has 0 aliphatic heterocycles.